The van der Waals surface area contributed by atoms with E-state index in [0.29, 0.717) is 5.75 Å². The standard InChI is InChI=1S/C14H9NOS/c15-8-11-9-17-14(10-4-2-1-3-5-10)13-12(11)6-7-16-13/h1-7H,9H2. The molecule has 0 N–H and O–H groups in total. The molecule has 1 aromatic heterocycles. The van der Waals surface area contributed by atoms with Gasteiger partial charge in [0.2, 0.25) is 0 Å². The molecule has 2 nitrogen and oxygen atoms in total. The zero-order valence-electron chi connectivity index (χ0n) is 9.01. The monoisotopic (exact) mass is 239 g/mol. The lowest BCUT2D eigenvalue weighted by Gasteiger charge is -2.09. The Balaban J connectivity index is 2.36. The molecule has 0 fully saturated rings. The minimum absolute atomic E-state index is 0.716. The molecule has 0 radical (unpaired) electrons. The second-order valence-electron chi connectivity index (χ2n) is 3.74. The molecule has 3 rings (SSSR count). The van der Waals surface area contributed by atoms with Crippen LogP contribution >= 0.6 is 11.8 Å². The van der Waals surface area contributed by atoms with Crippen molar-refractivity contribution in [1.82, 2.24) is 0 Å². The van der Waals surface area contributed by atoms with E-state index < -0.39 is 0 Å². The molecule has 0 saturated heterocycles. The van der Waals surface area contributed by atoms with Gasteiger partial charge >= 0.3 is 0 Å². The summed E-state index contributed by atoms with van der Waals surface area (Å²) in [6, 6.07) is 14.2. The van der Waals surface area contributed by atoms with E-state index in [2.05, 4.69) is 18.2 Å². The molecule has 3 heteroatoms. The first-order chi connectivity index (χ1) is 8.40. The summed E-state index contributed by atoms with van der Waals surface area (Å²) in [6.07, 6.45) is 1.65. The van der Waals surface area contributed by atoms with E-state index in [0.717, 1.165) is 26.7 Å². The molecule has 17 heavy (non-hydrogen) atoms. The minimum Gasteiger partial charge on any atom is -0.463 e. The number of hydrogen-bond donors (Lipinski definition) is 0. The lowest BCUT2D eigenvalue weighted by Crippen LogP contribution is -2.28. The lowest BCUT2D eigenvalue weighted by molar-refractivity contribution is 0.530. The Hall–Kier alpha value is -1.92. The number of hydrogen-bond acceptors (Lipinski definition) is 3. The molecular formula is C14H9NOS. The zero-order chi connectivity index (χ0) is 11.7. The van der Waals surface area contributed by atoms with Crippen LogP contribution in [-0.2, 0) is 0 Å². The van der Waals surface area contributed by atoms with Crippen LogP contribution in [0.4, 0.5) is 0 Å². The summed E-state index contributed by atoms with van der Waals surface area (Å²) in [7, 11) is 0. The van der Waals surface area contributed by atoms with Gasteiger partial charge in [0.05, 0.1) is 22.8 Å². The Morgan fingerprint density at radius 3 is 2.76 bits per heavy atom. The molecule has 0 saturated carbocycles. The van der Waals surface area contributed by atoms with Crippen molar-refractivity contribution < 1.29 is 4.42 Å². The normalized spacial score (nSPS) is 14.3. The lowest BCUT2D eigenvalue weighted by atomic mass is 10.2. The minimum atomic E-state index is 0.716. The second kappa shape index (κ2) is 4.15. The van der Waals surface area contributed by atoms with Gasteiger partial charge in [0, 0.05) is 11.0 Å². The van der Waals surface area contributed by atoms with Gasteiger partial charge < -0.3 is 4.42 Å². The second-order valence-corrected chi connectivity index (χ2v) is 4.72. The van der Waals surface area contributed by atoms with E-state index in [1.165, 1.54) is 0 Å². The van der Waals surface area contributed by atoms with Gasteiger partial charge in [-0.05, 0) is 11.6 Å². The largest absolute Gasteiger partial charge is 0.463 e. The van der Waals surface area contributed by atoms with Crippen LogP contribution in [0, 0.1) is 11.3 Å². The maximum atomic E-state index is 9.06. The fourth-order valence-corrected chi connectivity index (χ4v) is 3.01. The Bertz CT molecular complexity index is 707. The van der Waals surface area contributed by atoms with Crippen LogP contribution in [0.2, 0.25) is 0 Å². The summed E-state index contributed by atoms with van der Waals surface area (Å²) < 4.78 is 5.53. The van der Waals surface area contributed by atoms with Gasteiger partial charge in [0.25, 0.3) is 0 Å². The van der Waals surface area contributed by atoms with Crippen molar-refractivity contribution in [3.8, 4) is 6.07 Å². The Morgan fingerprint density at radius 2 is 2.00 bits per heavy atom. The van der Waals surface area contributed by atoms with Gasteiger partial charge in [-0.2, -0.15) is 5.26 Å². The Labute approximate surface area is 103 Å². The molecule has 0 amide bonds. The van der Waals surface area contributed by atoms with E-state index >= 15 is 0 Å². The maximum absolute atomic E-state index is 9.06. The van der Waals surface area contributed by atoms with Gasteiger partial charge in [0.15, 0.2) is 0 Å². The van der Waals surface area contributed by atoms with Crippen LogP contribution in [0.3, 0.4) is 0 Å². The predicted molar refractivity (Wildman–Crippen MR) is 68.4 cm³/mol. The molecule has 0 atom stereocenters. The average molecular weight is 239 g/mol. The molecule has 82 valence electrons. The van der Waals surface area contributed by atoms with Gasteiger partial charge in [-0.1, -0.05) is 30.3 Å². The molecular weight excluding hydrogens is 230 g/mol. The fourth-order valence-electron chi connectivity index (χ4n) is 1.91. The zero-order valence-corrected chi connectivity index (χ0v) is 9.83. The first-order valence-corrected chi connectivity index (χ1v) is 6.28. The number of benzene rings is 1. The van der Waals surface area contributed by atoms with E-state index in [1.54, 1.807) is 18.0 Å². The molecule has 1 aliphatic rings. The number of thioether (sulfide) groups is 1. The first kappa shape index (κ1) is 10.2. The number of nitriles is 1. The third kappa shape index (κ3) is 1.67. The van der Waals surface area contributed by atoms with Crippen LogP contribution in [0.1, 0.15) is 5.56 Å². The molecule has 0 aliphatic carbocycles. The fraction of sp³-hybridized carbons (Fsp3) is 0.0714. The first-order valence-electron chi connectivity index (χ1n) is 5.29. The van der Waals surface area contributed by atoms with Crippen LogP contribution in [0.15, 0.2) is 47.1 Å². The van der Waals surface area contributed by atoms with Crippen molar-refractivity contribution in [3.05, 3.63) is 58.9 Å². The van der Waals surface area contributed by atoms with Gasteiger partial charge in [-0.3, -0.25) is 0 Å². The summed E-state index contributed by atoms with van der Waals surface area (Å²) >= 11 is 1.66. The third-order valence-electron chi connectivity index (χ3n) is 2.73. The molecule has 2 aromatic rings. The predicted octanol–water partition coefficient (Wildman–Crippen LogP) is 1.86. The van der Waals surface area contributed by atoms with Crippen molar-refractivity contribution in [3.63, 3.8) is 0 Å². The van der Waals surface area contributed by atoms with E-state index in [-0.39, 0.29) is 0 Å². The SMILES string of the molecule is N#CC1=c2ccoc2=C(c2ccccc2)SC1. The van der Waals surface area contributed by atoms with E-state index in [1.807, 2.05) is 24.3 Å². The van der Waals surface area contributed by atoms with E-state index in [4.69, 9.17) is 9.68 Å². The Kier molecular flexibility index (Phi) is 2.50. The highest BCUT2D eigenvalue weighted by atomic mass is 32.2. The Morgan fingerprint density at radius 1 is 1.18 bits per heavy atom. The number of furan rings is 1. The summed E-state index contributed by atoms with van der Waals surface area (Å²) in [5.41, 5.74) is 2.76. The number of fused-ring (bicyclic) bond motifs is 1. The van der Waals surface area contributed by atoms with Gasteiger partial charge in [-0.25, -0.2) is 0 Å². The van der Waals surface area contributed by atoms with Crippen molar-refractivity contribution in [2.75, 3.05) is 5.75 Å². The highest BCUT2D eigenvalue weighted by molar-refractivity contribution is 8.08. The molecule has 0 bridgehead atoms. The molecule has 0 unspecified atom stereocenters. The quantitative estimate of drug-likeness (QED) is 0.762. The summed E-state index contributed by atoms with van der Waals surface area (Å²) in [5.74, 6) is 0.716. The van der Waals surface area contributed by atoms with Gasteiger partial charge in [-0.15, -0.1) is 11.8 Å². The van der Waals surface area contributed by atoms with Crippen molar-refractivity contribution in [2.45, 2.75) is 0 Å². The summed E-state index contributed by atoms with van der Waals surface area (Å²) in [4.78, 5) is 1.12. The number of rotatable bonds is 1. The van der Waals surface area contributed by atoms with Gasteiger partial charge in [0.1, 0.15) is 5.42 Å². The van der Waals surface area contributed by atoms with Crippen molar-refractivity contribution in [1.29, 1.82) is 5.26 Å². The topological polar surface area (TPSA) is 36.9 Å². The summed E-state index contributed by atoms with van der Waals surface area (Å²) in [5, 5.41) is 10.00. The molecule has 1 aromatic carbocycles. The van der Waals surface area contributed by atoms with E-state index in [9.17, 15) is 0 Å². The van der Waals surface area contributed by atoms with Crippen molar-refractivity contribution in [2.24, 2.45) is 0 Å². The van der Waals surface area contributed by atoms with Crippen molar-refractivity contribution >= 4 is 22.2 Å². The van der Waals surface area contributed by atoms with Crippen LogP contribution in [-0.4, -0.2) is 5.75 Å². The van der Waals surface area contributed by atoms with Crippen LogP contribution in [0.25, 0.3) is 10.5 Å². The van der Waals surface area contributed by atoms with Crippen LogP contribution < -0.4 is 10.6 Å². The molecule has 0 spiro atoms. The average Bonchev–Trinajstić information content (AvgIpc) is 2.88. The van der Waals surface area contributed by atoms with Crippen LogP contribution in [0.5, 0.6) is 0 Å². The number of nitrogens with zero attached hydrogens (tertiary/aromatic N) is 1. The molecule has 2 heterocycles. The third-order valence-corrected chi connectivity index (χ3v) is 3.87. The smallest absolute Gasteiger partial charge is 0.149 e. The highest BCUT2D eigenvalue weighted by Gasteiger charge is 2.14. The summed E-state index contributed by atoms with van der Waals surface area (Å²) in [6.45, 7) is 0. The highest BCUT2D eigenvalue weighted by Crippen LogP contribution is 2.27. The maximum Gasteiger partial charge on any atom is 0.149 e. The molecule has 1 aliphatic heterocycles.